The van der Waals surface area contributed by atoms with Gasteiger partial charge in [0, 0.05) is 24.8 Å². The summed E-state index contributed by atoms with van der Waals surface area (Å²) in [6, 6.07) is 0. The first kappa shape index (κ1) is 9.56. The van der Waals surface area contributed by atoms with E-state index in [1.165, 1.54) is 6.92 Å². The highest BCUT2D eigenvalue weighted by Crippen LogP contribution is 1.95. The molecule has 0 saturated heterocycles. The van der Waals surface area contributed by atoms with E-state index < -0.39 is 0 Å². The number of hydrogen-bond donors (Lipinski definition) is 1. The molecule has 0 fully saturated rings. The average Bonchev–Trinajstić information content (AvgIpc) is 1.90. The minimum Gasteiger partial charge on any atom is -0.356 e. The van der Waals surface area contributed by atoms with Crippen LogP contribution in [0.4, 0.5) is 0 Å². The van der Waals surface area contributed by atoms with Gasteiger partial charge in [-0.3, -0.25) is 4.79 Å². The van der Waals surface area contributed by atoms with Crippen LogP contribution in [0.1, 0.15) is 20.3 Å². The highest BCUT2D eigenvalue weighted by molar-refractivity contribution is 7.79. The Morgan fingerprint density at radius 3 is 2.70 bits per heavy atom. The summed E-state index contributed by atoms with van der Waals surface area (Å²) < 4.78 is 0. The van der Waals surface area contributed by atoms with Gasteiger partial charge in [0.2, 0.25) is 5.91 Å². The lowest BCUT2D eigenvalue weighted by atomic mass is 10.1. The fraction of sp³-hybridized carbons (Fsp3) is 0.714. The van der Waals surface area contributed by atoms with Crippen LogP contribution in [0.5, 0.6) is 0 Å². The van der Waals surface area contributed by atoms with Crippen molar-refractivity contribution < 1.29 is 4.79 Å². The molecule has 0 saturated carbocycles. The Labute approximate surface area is 67.0 Å². The van der Waals surface area contributed by atoms with Crippen LogP contribution in [0.3, 0.4) is 0 Å². The molecule has 10 heavy (non-hydrogen) atoms. The second-order valence-corrected chi connectivity index (χ2v) is 2.40. The summed E-state index contributed by atoms with van der Waals surface area (Å²) in [4.78, 5) is 10.4. The van der Waals surface area contributed by atoms with Gasteiger partial charge in [-0.2, -0.15) is 0 Å². The number of rotatable bonds is 4. The van der Waals surface area contributed by atoms with E-state index >= 15 is 0 Å². The highest BCUT2D eigenvalue weighted by atomic mass is 32.1. The van der Waals surface area contributed by atoms with Gasteiger partial charge in [0.25, 0.3) is 0 Å². The van der Waals surface area contributed by atoms with Gasteiger partial charge >= 0.3 is 0 Å². The minimum atomic E-state index is -0.0105. The summed E-state index contributed by atoms with van der Waals surface area (Å²) in [5.41, 5.74) is 0. The molecule has 0 spiro atoms. The third kappa shape index (κ3) is 4.44. The average molecular weight is 158 g/mol. The Morgan fingerprint density at radius 2 is 2.40 bits per heavy atom. The lowest BCUT2D eigenvalue weighted by molar-refractivity contribution is -0.119. The molecule has 0 aliphatic heterocycles. The molecule has 1 unspecified atom stereocenters. The zero-order chi connectivity index (χ0) is 7.98. The largest absolute Gasteiger partial charge is 0.356 e. The Hall–Kier alpha value is -0.440. The maximum absolute atomic E-state index is 10.4. The van der Waals surface area contributed by atoms with Crippen LogP contribution in [0, 0.1) is 5.92 Å². The van der Waals surface area contributed by atoms with Gasteiger partial charge in [0.05, 0.1) is 0 Å². The minimum absolute atomic E-state index is 0.0105. The molecule has 0 bridgehead atoms. The molecular formula is C7H12NOS. The van der Waals surface area contributed by atoms with Crippen LogP contribution in [-0.2, 0) is 4.79 Å². The van der Waals surface area contributed by atoms with Crippen molar-refractivity contribution in [3.05, 3.63) is 0 Å². The van der Waals surface area contributed by atoms with Gasteiger partial charge in [-0.25, -0.2) is 0 Å². The zero-order valence-electron chi connectivity index (χ0n) is 6.31. The van der Waals surface area contributed by atoms with E-state index in [1.807, 2.05) is 6.92 Å². The van der Waals surface area contributed by atoms with E-state index in [0.717, 1.165) is 6.42 Å². The lowest BCUT2D eigenvalue weighted by Crippen LogP contribution is -2.26. The van der Waals surface area contributed by atoms with Crippen LogP contribution >= 0.6 is 12.2 Å². The highest BCUT2D eigenvalue weighted by Gasteiger charge is 2.01. The summed E-state index contributed by atoms with van der Waals surface area (Å²) >= 11 is 4.62. The number of hydrogen-bond acceptors (Lipinski definition) is 2. The molecular weight excluding hydrogens is 146 g/mol. The van der Waals surface area contributed by atoms with E-state index in [9.17, 15) is 4.79 Å². The van der Waals surface area contributed by atoms with Crippen molar-refractivity contribution in [1.82, 2.24) is 5.32 Å². The smallest absolute Gasteiger partial charge is 0.216 e. The molecule has 1 N–H and O–H groups in total. The van der Waals surface area contributed by atoms with Crippen LogP contribution < -0.4 is 5.32 Å². The molecule has 0 aromatic rings. The number of carbonyl (C=O) groups excluding carboxylic acids is 1. The third-order valence-corrected chi connectivity index (χ3v) is 1.59. The number of thiocarbonyl (C=S) groups is 1. The normalized spacial score (nSPS) is 12.2. The van der Waals surface area contributed by atoms with Crippen molar-refractivity contribution in [3.63, 3.8) is 0 Å². The fourth-order valence-corrected chi connectivity index (χ4v) is 0.786. The molecule has 0 aromatic carbocycles. The summed E-state index contributed by atoms with van der Waals surface area (Å²) in [6.45, 7) is 4.14. The molecule has 0 aliphatic carbocycles. The molecule has 0 aliphatic rings. The topological polar surface area (TPSA) is 29.1 Å². The van der Waals surface area contributed by atoms with Crippen LogP contribution in [-0.4, -0.2) is 17.8 Å². The monoisotopic (exact) mass is 158 g/mol. The van der Waals surface area contributed by atoms with Crippen molar-refractivity contribution in [1.29, 1.82) is 0 Å². The fourth-order valence-electron chi connectivity index (χ4n) is 0.536. The van der Waals surface area contributed by atoms with E-state index in [0.29, 0.717) is 6.54 Å². The molecule has 1 atom stereocenters. The van der Waals surface area contributed by atoms with Gasteiger partial charge in [-0.15, -0.1) is 0 Å². The summed E-state index contributed by atoms with van der Waals surface area (Å²) in [7, 11) is 0. The van der Waals surface area contributed by atoms with Gasteiger partial charge in [-0.1, -0.05) is 19.1 Å². The predicted octanol–water partition coefficient (Wildman–Crippen LogP) is 1.03. The van der Waals surface area contributed by atoms with Crippen molar-refractivity contribution in [3.8, 4) is 0 Å². The van der Waals surface area contributed by atoms with Crippen LogP contribution in [0.15, 0.2) is 0 Å². The zero-order valence-corrected chi connectivity index (χ0v) is 7.12. The van der Waals surface area contributed by atoms with Crippen molar-refractivity contribution in [2.75, 3.05) is 6.54 Å². The van der Waals surface area contributed by atoms with E-state index in [4.69, 9.17) is 0 Å². The van der Waals surface area contributed by atoms with Gasteiger partial charge in [-0.05, 0) is 6.42 Å². The second kappa shape index (κ2) is 5.35. The Bertz CT molecular complexity index is 125. The molecule has 0 aromatic heterocycles. The Balaban J connectivity index is 3.44. The predicted molar refractivity (Wildman–Crippen MR) is 45.1 cm³/mol. The first-order chi connectivity index (χ1) is 4.70. The van der Waals surface area contributed by atoms with E-state index in [1.54, 1.807) is 0 Å². The first-order valence-electron chi connectivity index (χ1n) is 3.32. The number of amides is 1. The summed E-state index contributed by atoms with van der Waals surface area (Å²) in [5.74, 6) is 0.211. The standard InChI is InChI=1S/C7H12NOS/c1-3-7(5-10)4-8-6(2)9/h7H,3-4H2,1-2H3,(H,8,9). The second-order valence-electron chi connectivity index (χ2n) is 2.16. The van der Waals surface area contributed by atoms with E-state index in [-0.39, 0.29) is 11.8 Å². The Morgan fingerprint density at radius 1 is 1.80 bits per heavy atom. The lowest BCUT2D eigenvalue weighted by Gasteiger charge is -2.06. The third-order valence-electron chi connectivity index (χ3n) is 1.26. The summed E-state index contributed by atoms with van der Waals surface area (Å²) in [6.07, 6.45) is 0.934. The molecule has 2 nitrogen and oxygen atoms in total. The Kier molecular flexibility index (Phi) is 5.12. The molecule has 1 radical (unpaired) electrons. The quantitative estimate of drug-likeness (QED) is 0.619. The maximum Gasteiger partial charge on any atom is 0.216 e. The molecule has 1 amide bonds. The molecule has 3 heteroatoms. The van der Waals surface area contributed by atoms with Crippen molar-refractivity contribution in [2.45, 2.75) is 20.3 Å². The molecule has 0 rings (SSSR count). The van der Waals surface area contributed by atoms with Crippen molar-refractivity contribution in [2.24, 2.45) is 5.92 Å². The SMILES string of the molecule is CCC([C]=S)CNC(C)=O. The van der Waals surface area contributed by atoms with Gasteiger partial charge in [0.1, 0.15) is 0 Å². The van der Waals surface area contributed by atoms with Crippen LogP contribution in [0.2, 0.25) is 0 Å². The van der Waals surface area contributed by atoms with Crippen LogP contribution in [0.25, 0.3) is 0 Å². The number of carbonyl (C=O) groups is 1. The maximum atomic E-state index is 10.4. The summed E-state index contributed by atoms with van der Waals surface area (Å²) in [5, 5.41) is 5.36. The van der Waals surface area contributed by atoms with Gasteiger partial charge < -0.3 is 5.32 Å². The van der Waals surface area contributed by atoms with Crippen molar-refractivity contribution >= 4 is 23.5 Å². The number of nitrogens with one attached hydrogen (secondary N) is 1. The molecule has 0 heterocycles. The van der Waals surface area contributed by atoms with Gasteiger partial charge in [0.15, 0.2) is 0 Å². The first-order valence-corrected chi connectivity index (χ1v) is 3.73. The molecule has 57 valence electrons. The van der Waals surface area contributed by atoms with E-state index in [2.05, 4.69) is 22.9 Å².